The summed E-state index contributed by atoms with van der Waals surface area (Å²) < 4.78 is 26.5. The van der Waals surface area contributed by atoms with E-state index in [9.17, 15) is 8.78 Å². The molecule has 1 unspecified atom stereocenters. The Bertz CT molecular complexity index is 481. The van der Waals surface area contributed by atoms with E-state index in [4.69, 9.17) is 5.41 Å². The Morgan fingerprint density at radius 1 is 1.37 bits per heavy atom. The fraction of sp³-hybridized carbons (Fsp3) is 0.400. The summed E-state index contributed by atoms with van der Waals surface area (Å²) in [5.41, 5.74) is 2.17. The van der Waals surface area contributed by atoms with Crippen LogP contribution in [0.25, 0.3) is 0 Å². The van der Waals surface area contributed by atoms with E-state index in [1.54, 1.807) is 7.05 Å². The molecule has 1 aromatic rings. The molecule has 0 radical (unpaired) electrons. The first kappa shape index (κ1) is 15.3. The van der Waals surface area contributed by atoms with E-state index in [1.165, 1.54) is 18.3 Å². The average molecular weight is 266 g/mol. The van der Waals surface area contributed by atoms with Gasteiger partial charge < -0.3 is 10.7 Å². The zero-order valence-electron chi connectivity index (χ0n) is 11.6. The van der Waals surface area contributed by atoms with Gasteiger partial charge in [-0.15, -0.1) is 0 Å². The average Bonchev–Trinajstić information content (AvgIpc) is 2.40. The third-order valence-corrected chi connectivity index (χ3v) is 3.04. The highest BCUT2D eigenvalue weighted by Crippen LogP contribution is 2.28. The number of hydrogen-bond acceptors (Lipinski definition) is 2. The molecule has 1 aromatic carbocycles. The Labute approximate surface area is 113 Å². The van der Waals surface area contributed by atoms with E-state index in [2.05, 4.69) is 5.32 Å². The normalized spacial score (nSPS) is 13.2. The van der Waals surface area contributed by atoms with Gasteiger partial charge in [-0.05, 0) is 23.6 Å². The number of rotatable bonds is 6. The molecule has 0 bridgehead atoms. The van der Waals surface area contributed by atoms with Crippen LogP contribution >= 0.6 is 0 Å². The lowest BCUT2D eigenvalue weighted by Crippen LogP contribution is -2.02. The molecule has 0 fully saturated rings. The quantitative estimate of drug-likeness (QED) is 0.731. The maximum atomic E-state index is 13.4. The van der Waals surface area contributed by atoms with Crippen LogP contribution in [0.3, 0.4) is 0 Å². The van der Waals surface area contributed by atoms with Gasteiger partial charge in [0.2, 0.25) is 0 Å². The molecule has 1 atom stereocenters. The van der Waals surface area contributed by atoms with Gasteiger partial charge >= 0.3 is 0 Å². The molecule has 0 saturated heterocycles. The summed E-state index contributed by atoms with van der Waals surface area (Å²) in [7, 11) is 1.68. The Morgan fingerprint density at radius 2 is 2.00 bits per heavy atom. The van der Waals surface area contributed by atoms with Crippen LogP contribution in [0, 0.1) is 17.0 Å². The molecule has 0 aliphatic carbocycles. The minimum atomic E-state index is -0.856. The predicted molar refractivity (Wildman–Crippen MR) is 76.1 cm³/mol. The highest BCUT2D eigenvalue weighted by Gasteiger charge is 2.13. The van der Waals surface area contributed by atoms with E-state index < -0.39 is 11.6 Å². The van der Waals surface area contributed by atoms with Gasteiger partial charge in [-0.2, -0.15) is 0 Å². The number of anilines is 1. The van der Waals surface area contributed by atoms with Crippen LogP contribution in [0.2, 0.25) is 0 Å². The van der Waals surface area contributed by atoms with Gasteiger partial charge in [0.15, 0.2) is 11.6 Å². The first-order valence-electron chi connectivity index (χ1n) is 6.41. The molecule has 2 N–H and O–H groups in total. The highest BCUT2D eigenvalue weighted by molar-refractivity contribution is 5.76. The Hall–Kier alpha value is -1.71. The number of allylic oxidation sites excluding steroid dienone is 2. The highest BCUT2D eigenvalue weighted by atomic mass is 19.2. The van der Waals surface area contributed by atoms with Crippen molar-refractivity contribution in [1.29, 1.82) is 5.41 Å². The van der Waals surface area contributed by atoms with Gasteiger partial charge in [-0.25, -0.2) is 8.78 Å². The van der Waals surface area contributed by atoms with E-state index in [1.807, 2.05) is 19.9 Å². The lowest BCUT2D eigenvalue weighted by molar-refractivity contribution is 0.507. The first-order valence-corrected chi connectivity index (χ1v) is 6.41. The minimum Gasteiger partial charge on any atom is -0.388 e. The number of hydrogen-bond donors (Lipinski definition) is 2. The maximum absolute atomic E-state index is 13.4. The molecule has 1 rings (SSSR count). The van der Waals surface area contributed by atoms with Gasteiger partial charge in [0, 0.05) is 30.9 Å². The molecule has 2 nitrogen and oxygen atoms in total. The summed E-state index contributed by atoms with van der Waals surface area (Å²) in [4.78, 5) is 0. The van der Waals surface area contributed by atoms with Crippen LogP contribution < -0.4 is 5.32 Å². The van der Waals surface area contributed by atoms with Crippen LogP contribution in [0.5, 0.6) is 0 Å². The zero-order valence-corrected chi connectivity index (χ0v) is 11.6. The van der Waals surface area contributed by atoms with Crippen LogP contribution in [0.4, 0.5) is 14.5 Å². The third kappa shape index (κ3) is 3.88. The molecule has 0 saturated carbocycles. The summed E-state index contributed by atoms with van der Waals surface area (Å²) in [5, 5.41) is 10.2. The summed E-state index contributed by atoms with van der Waals surface area (Å²) >= 11 is 0. The molecule has 0 amide bonds. The van der Waals surface area contributed by atoms with Crippen molar-refractivity contribution >= 4 is 11.9 Å². The number of benzene rings is 1. The van der Waals surface area contributed by atoms with E-state index in [-0.39, 0.29) is 5.92 Å². The molecule has 19 heavy (non-hydrogen) atoms. The minimum absolute atomic E-state index is 0.0827. The lowest BCUT2D eigenvalue weighted by atomic mass is 9.95. The van der Waals surface area contributed by atoms with Crippen molar-refractivity contribution in [3.05, 3.63) is 41.0 Å². The van der Waals surface area contributed by atoms with Crippen molar-refractivity contribution in [1.82, 2.24) is 0 Å². The Kier molecular flexibility index (Phi) is 5.67. The smallest absolute Gasteiger partial charge is 0.160 e. The molecule has 0 aliphatic rings. The maximum Gasteiger partial charge on any atom is 0.160 e. The van der Waals surface area contributed by atoms with Crippen LogP contribution in [-0.2, 0) is 0 Å². The van der Waals surface area contributed by atoms with Crippen molar-refractivity contribution in [3.8, 4) is 0 Å². The summed E-state index contributed by atoms with van der Waals surface area (Å²) in [6, 6.07) is 2.38. The molecule has 0 aliphatic heterocycles. The first-order chi connectivity index (χ1) is 9.03. The fourth-order valence-electron chi connectivity index (χ4n) is 2.06. The van der Waals surface area contributed by atoms with Crippen LogP contribution in [0.15, 0.2) is 23.8 Å². The van der Waals surface area contributed by atoms with Crippen LogP contribution in [0.1, 0.15) is 38.2 Å². The van der Waals surface area contributed by atoms with Crippen molar-refractivity contribution in [2.75, 3.05) is 12.4 Å². The third-order valence-electron chi connectivity index (χ3n) is 3.04. The summed E-state index contributed by atoms with van der Waals surface area (Å²) in [6.45, 7) is 3.95. The summed E-state index contributed by atoms with van der Waals surface area (Å²) in [6.07, 6.45) is 5.00. The standard InChI is InChI=1S/C15H20F2N2/c1-4-5-11(9-18)6-10(2)12-7-13(16)14(17)8-15(12)19-3/h6-10,18-19H,4-5H2,1-3H3/b11-6+,18-9?. The SMILES string of the molecule is CCC/C(C=N)=C\C(C)c1cc(F)c(F)cc1NC. The molecular formula is C15H20F2N2. The van der Waals surface area contributed by atoms with E-state index >= 15 is 0 Å². The fourth-order valence-corrected chi connectivity index (χ4v) is 2.06. The largest absolute Gasteiger partial charge is 0.388 e. The van der Waals surface area contributed by atoms with Crippen molar-refractivity contribution in [2.24, 2.45) is 0 Å². The predicted octanol–water partition coefficient (Wildman–Crippen LogP) is 4.49. The second-order valence-electron chi connectivity index (χ2n) is 4.53. The van der Waals surface area contributed by atoms with E-state index in [0.717, 1.165) is 18.4 Å². The van der Waals surface area contributed by atoms with E-state index in [0.29, 0.717) is 11.3 Å². The van der Waals surface area contributed by atoms with Gasteiger partial charge in [0.05, 0.1) is 0 Å². The number of halogens is 2. The monoisotopic (exact) mass is 266 g/mol. The molecule has 4 heteroatoms. The molecule has 0 spiro atoms. The Balaban J connectivity index is 3.14. The zero-order chi connectivity index (χ0) is 14.4. The second-order valence-corrected chi connectivity index (χ2v) is 4.53. The molecular weight excluding hydrogens is 246 g/mol. The molecule has 104 valence electrons. The second kappa shape index (κ2) is 7.02. The van der Waals surface area contributed by atoms with Crippen molar-refractivity contribution in [3.63, 3.8) is 0 Å². The van der Waals surface area contributed by atoms with Crippen molar-refractivity contribution < 1.29 is 8.78 Å². The van der Waals surface area contributed by atoms with Gasteiger partial charge in [-0.1, -0.05) is 26.3 Å². The van der Waals surface area contributed by atoms with Crippen LogP contribution in [-0.4, -0.2) is 13.3 Å². The van der Waals surface area contributed by atoms with Gasteiger partial charge in [0.25, 0.3) is 0 Å². The number of nitrogens with one attached hydrogen (secondary N) is 2. The molecule has 0 heterocycles. The van der Waals surface area contributed by atoms with Gasteiger partial charge in [0.1, 0.15) is 0 Å². The lowest BCUT2D eigenvalue weighted by Gasteiger charge is -2.15. The van der Waals surface area contributed by atoms with Gasteiger partial charge in [-0.3, -0.25) is 0 Å². The molecule has 0 aromatic heterocycles. The summed E-state index contributed by atoms with van der Waals surface area (Å²) in [5.74, 6) is -1.79. The topological polar surface area (TPSA) is 35.9 Å². The van der Waals surface area contributed by atoms with Crippen molar-refractivity contribution in [2.45, 2.75) is 32.6 Å². The Morgan fingerprint density at radius 3 is 2.53 bits per heavy atom.